The molecular formula is C14H9BrN2O2. The summed E-state index contributed by atoms with van der Waals surface area (Å²) in [5.74, 6) is -0.0831. The van der Waals surface area contributed by atoms with E-state index in [9.17, 15) is 9.90 Å². The summed E-state index contributed by atoms with van der Waals surface area (Å²) in [6.45, 7) is 0. The van der Waals surface area contributed by atoms with Crippen LogP contribution in [0.3, 0.4) is 0 Å². The fraction of sp³-hybridized carbons (Fsp3) is 0. The number of para-hydroxylation sites is 1. The standard InChI is InChI=1S/C14H9BrN2O2/c15-11-12(18)10-7-4-8-16-13(10)17(14(11)19)9-5-2-1-3-6-9/h1-8,18H. The van der Waals surface area contributed by atoms with Gasteiger partial charge in [-0.25, -0.2) is 4.98 Å². The fourth-order valence-corrected chi connectivity index (χ4v) is 2.38. The molecule has 0 radical (unpaired) electrons. The highest BCUT2D eigenvalue weighted by Crippen LogP contribution is 2.29. The number of fused-ring (bicyclic) bond motifs is 1. The first-order valence-electron chi connectivity index (χ1n) is 5.64. The smallest absolute Gasteiger partial charge is 0.274 e. The molecule has 94 valence electrons. The van der Waals surface area contributed by atoms with E-state index < -0.39 is 0 Å². The summed E-state index contributed by atoms with van der Waals surface area (Å²) in [5.41, 5.74) is 0.797. The first-order chi connectivity index (χ1) is 9.20. The lowest BCUT2D eigenvalue weighted by molar-refractivity contribution is 0.476. The Kier molecular flexibility index (Phi) is 2.83. The van der Waals surface area contributed by atoms with Crippen LogP contribution >= 0.6 is 15.9 Å². The second-order valence-corrected chi connectivity index (χ2v) is 4.81. The largest absolute Gasteiger partial charge is 0.506 e. The maximum absolute atomic E-state index is 12.3. The Morgan fingerprint density at radius 2 is 1.84 bits per heavy atom. The summed E-state index contributed by atoms with van der Waals surface area (Å²) in [4.78, 5) is 16.5. The van der Waals surface area contributed by atoms with E-state index in [-0.39, 0.29) is 15.8 Å². The number of pyridine rings is 2. The Labute approximate surface area is 117 Å². The molecule has 0 saturated carbocycles. The molecule has 0 amide bonds. The molecule has 0 spiro atoms. The second kappa shape index (κ2) is 4.51. The Balaban J connectivity index is 2.52. The van der Waals surface area contributed by atoms with E-state index >= 15 is 0 Å². The zero-order valence-corrected chi connectivity index (χ0v) is 11.3. The molecule has 0 unspecified atom stereocenters. The Bertz CT molecular complexity index is 813. The van der Waals surface area contributed by atoms with E-state index in [1.807, 2.05) is 30.3 Å². The summed E-state index contributed by atoms with van der Waals surface area (Å²) < 4.78 is 1.61. The van der Waals surface area contributed by atoms with Crippen LogP contribution in [0.15, 0.2) is 57.9 Å². The summed E-state index contributed by atoms with van der Waals surface area (Å²) >= 11 is 3.14. The van der Waals surface area contributed by atoms with Gasteiger partial charge in [-0.05, 0) is 40.2 Å². The van der Waals surface area contributed by atoms with Gasteiger partial charge < -0.3 is 5.11 Å². The molecule has 2 heterocycles. The molecule has 0 bridgehead atoms. The van der Waals surface area contributed by atoms with E-state index in [0.717, 1.165) is 0 Å². The first-order valence-corrected chi connectivity index (χ1v) is 6.43. The molecule has 0 saturated heterocycles. The van der Waals surface area contributed by atoms with Crippen molar-refractivity contribution in [3.05, 3.63) is 63.5 Å². The molecule has 0 aliphatic heterocycles. The molecule has 1 aromatic carbocycles. The predicted molar refractivity (Wildman–Crippen MR) is 76.7 cm³/mol. The molecule has 3 rings (SSSR count). The van der Waals surface area contributed by atoms with Crippen LogP contribution in [0, 0.1) is 0 Å². The van der Waals surface area contributed by atoms with Gasteiger partial charge in [-0.3, -0.25) is 9.36 Å². The molecule has 19 heavy (non-hydrogen) atoms. The Hall–Kier alpha value is -2.14. The average Bonchev–Trinajstić information content (AvgIpc) is 2.46. The summed E-state index contributed by atoms with van der Waals surface area (Å²) in [6.07, 6.45) is 1.59. The molecule has 0 fully saturated rings. The SMILES string of the molecule is O=c1c(Br)c(O)c2cccnc2n1-c1ccccc1. The van der Waals surface area contributed by atoms with Gasteiger partial charge in [0.15, 0.2) is 5.65 Å². The molecule has 0 atom stereocenters. The quantitative estimate of drug-likeness (QED) is 0.751. The van der Waals surface area contributed by atoms with Crippen molar-refractivity contribution < 1.29 is 5.11 Å². The minimum Gasteiger partial charge on any atom is -0.506 e. The molecule has 1 N–H and O–H groups in total. The molecular weight excluding hydrogens is 308 g/mol. The summed E-state index contributed by atoms with van der Waals surface area (Å²) in [5, 5.41) is 10.5. The highest BCUT2D eigenvalue weighted by atomic mass is 79.9. The fourth-order valence-electron chi connectivity index (χ4n) is 1.99. The van der Waals surface area contributed by atoms with Gasteiger partial charge in [0, 0.05) is 6.20 Å². The van der Waals surface area contributed by atoms with Crippen molar-refractivity contribution in [1.82, 2.24) is 9.55 Å². The number of nitrogens with zero attached hydrogens (tertiary/aromatic N) is 2. The van der Waals surface area contributed by atoms with Crippen molar-refractivity contribution in [1.29, 1.82) is 0 Å². The van der Waals surface area contributed by atoms with E-state index in [1.165, 1.54) is 4.57 Å². The van der Waals surface area contributed by atoms with Gasteiger partial charge >= 0.3 is 0 Å². The molecule has 4 nitrogen and oxygen atoms in total. The monoisotopic (exact) mass is 316 g/mol. The molecule has 2 aromatic heterocycles. The lowest BCUT2D eigenvalue weighted by atomic mass is 10.2. The van der Waals surface area contributed by atoms with Gasteiger partial charge in [-0.2, -0.15) is 0 Å². The van der Waals surface area contributed by atoms with Crippen molar-refractivity contribution in [2.45, 2.75) is 0 Å². The number of rotatable bonds is 1. The van der Waals surface area contributed by atoms with Crippen LogP contribution in [0.1, 0.15) is 0 Å². The van der Waals surface area contributed by atoms with Gasteiger partial charge in [0.2, 0.25) is 0 Å². The number of hydrogen-bond donors (Lipinski definition) is 1. The lowest BCUT2D eigenvalue weighted by Gasteiger charge is -2.11. The van der Waals surface area contributed by atoms with Crippen molar-refractivity contribution in [3.63, 3.8) is 0 Å². The van der Waals surface area contributed by atoms with Crippen LogP contribution in [-0.2, 0) is 0 Å². The highest BCUT2D eigenvalue weighted by molar-refractivity contribution is 9.10. The number of halogens is 1. The number of benzene rings is 1. The minimum absolute atomic E-state index is 0.0831. The van der Waals surface area contributed by atoms with E-state index in [4.69, 9.17) is 0 Å². The molecule has 0 aliphatic carbocycles. The topological polar surface area (TPSA) is 55.1 Å². The number of aromatic nitrogens is 2. The number of hydrogen-bond acceptors (Lipinski definition) is 3. The van der Waals surface area contributed by atoms with Crippen LogP contribution in [0.5, 0.6) is 5.75 Å². The number of aromatic hydroxyl groups is 1. The lowest BCUT2D eigenvalue weighted by Crippen LogP contribution is -2.20. The third-order valence-electron chi connectivity index (χ3n) is 2.87. The summed E-state index contributed by atoms with van der Waals surface area (Å²) in [7, 11) is 0. The van der Waals surface area contributed by atoms with Gasteiger partial charge in [-0.1, -0.05) is 18.2 Å². The van der Waals surface area contributed by atoms with Gasteiger partial charge in [-0.15, -0.1) is 0 Å². The third kappa shape index (κ3) is 1.82. The molecule has 0 aliphatic rings. The van der Waals surface area contributed by atoms with Crippen molar-refractivity contribution in [2.75, 3.05) is 0 Å². The zero-order valence-electron chi connectivity index (χ0n) is 9.75. The predicted octanol–water partition coefficient (Wildman–Crippen LogP) is 2.85. The van der Waals surface area contributed by atoms with E-state index in [0.29, 0.717) is 16.7 Å². The maximum Gasteiger partial charge on any atom is 0.274 e. The van der Waals surface area contributed by atoms with Crippen molar-refractivity contribution in [2.24, 2.45) is 0 Å². The highest BCUT2D eigenvalue weighted by Gasteiger charge is 2.15. The second-order valence-electron chi connectivity index (χ2n) is 4.01. The van der Waals surface area contributed by atoms with E-state index in [1.54, 1.807) is 18.3 Å². The first kappa shape index (κ1) is 11.9. The Morgan fingerprint density at radius 3 is 2.58 bits per heavy atom. The maximum atomic E-state index is 12.3. The molecule has 5 heteroatoms. The minimum atomic E-state index is -0.338. The van der Waals surface area contributed by atoms with Crippen LogP contribution in [0.25, 0.3) is 16.7 Å². The van der Waals surface area contributed by atoms with Gasteiger partial charge in [0.1, 0.15) is 10.2 Å². The zero-order chi connectivity index (χ0) is 13.4. The van der Waals surface area contributed by atoms with Crippen LogP contribution in [-0.4, -0.2) is 14.7 Å². The van der Waals surface area contributed by atoms with E-state index in [2.05, 4.69) is 20.9 Å². The van der Waals surface area contributed by atoms with Crippen molar-refractivity contribution in [3.8, 4) is 11.4 Å². The van der Waals surface area contributed by atoms with Gasteiger partial charge in [0.05, 0.1) is 11.1 Å². The third-order valence-corrected chi connectivity index (χ3v) is 3.58. The van der Waals surface area contributed by atoms with Gasteiger partial charge in [0.25, 0.3) is 5.56 Å². The van der Waals surface area contributed by atoms with Crippen molar-refractivity contribution >= 4 is 27.0 Å². The molecule has 3 aromatic rings. The average molecular weight is 317 g/mol. The summed E-state index contributed by atoms with van der Waals surface area (Å²) in [6, 6.07) is 12.6. The Morgan fingerprint density at radius 1 is 1.11 bits per heavy atom. The van der Waals surface area contributed by atoms with Crippen LogP contribution < -0.4 is 5.56 Å². The van der Waals surface area contributed by atoms with Crippen LogP contribution in [0.4, 0.5) is 0 Å². The van der Waals surface area contributed by atoms with Crippen LogP contribution in [0.2, 0.25) is 0 Å². The normalized spacial score (nSPS) is 10.8.